The summed E-state index contributed by atoms with van der Waals surface area (Å²) in [7, 11) is 1.57. The summed E-state index contributed by atoms with van der Waals surface area (Å²) in [6.07, 6.45) is 0. The Labute approximate surface area is 144 Å². The van der Waals surface area contributed by atoms with Crippen molar-refractivity contribution >= 4 is 28.4 Å². The van der Waals surface area contributed by atoms with Gasteiger partial charge in [-0.25, -0.2) is 0 Å². The second kappa shape index (κ2) is 7.97. The fraction of sp³-hybridized carbons (Fsp3) is 0.353. The Morgan fingerprint density at radius 2 is 2.00 bits per heavy atom. The molecule has 0 aliphatic carbocycles. The van der Waals surface area contributed by atoms with Crippen LogP contribution >= 0.6 is 11.3 Å². The SMILES string of the molecule is COCOc1ccccc1/C(=N/[S+]([O-])C(C)(C)C)c1ccsc1. The number of hydrogen-bond donors (Lipinski definition) is 0. The van der Waals surface area contributed by atoms with E-state index in [4.69, 9.17) is 9.47 Å². The second-order valence-electron chi connectivity index (χ2n) is 5.86. The van der Waals surface area contributed by atoms with Crippen LogP contribution in [0.1, 0.15) is 31.9 Å². The van der Waals surface area contributed by atoms with Gasteiger partial charge in [-0.3, -0.25) is 0 Å². The van der Waals surface area contributed by atoms with Crippen molar-refractivity contribution < 1.29 is 14.0 Å². The standard InChI is InChI=1S/C17H21NO3S2/c1-17(2,3)23(19)18-16(13-9-10-22-11-13)14-7-5-6-8-15(14)21-12-20-4/h5-11H,12H2,1-4H3/b18-16+. The zero-order valence-corrected chi connectivity index (χ0v) is 15.4. The monoisotopic (exact) mass is 351 g/mol. The summed E-state index contributed by atoms with van der Waals surface area (Å²) < 4.78 is 27.2. The molecule has 1 aromatic heterocycles. The number of ether oxygens (including phenoxy) is 2. The fourth-order valence-electron chi connectivity index (χ4n) is 1.79. The molecule has 0 fully saturated rings. The summed E-state index contributed by atoms with van der Waals surface area (Å²) in [5.41, 5.74) is 2.41. The molecule has 1 heterocycles. The van der Waals surface area contributed by atoms with Crippen LogP contribution in [-0.2, 0) is 16.1 Å². The molecular weight excluding hydrogens is 330 g/mol. The summed E-state index contributed by atoms with van der Waals surface area (Å²) in [4.78, 5) is 0. The summed E-state index contributed by atoms with van der Waals surface area (Å²) >= 11 is 0.215. The van der Waals surface area contributed by atoms with E-state index >= 15 is 0 Å². The van der Waals surface area contributed by atoms with Gasteiger partial charge in [-0.2, -0.15) is 11.3 Å². The fourth-order valence-corrected chi connectivity index (χ4v) is 3.07. The molecule has 124 valence electrons. The van der Waals surface area contributed by atoms with E-state index in [1.165, 1.54) is 0 Å². The highest BCUT2D eigenvalue weighted by molar-refractivity contribution is 7.91. The lowest BCUT2D eigenvalue weighted by molar-refractivity contribution is 0.0510. The normalized spacial score (nSPS) is 13.9. The number of benzene rings is 1. The minimum Gasteiger partial charge on any atom is -0.591 e. The Morgan fingerprint density at radius 3 is 2.61 bits per heavy atom. The Morgan fingerprint density at radius 1 is 1.26 bits per heavy atom. The highest BCUT2D eigenvalue weighted by Crippen LogP contribution is 2.26. The molecule has 2 aromatic rings. The molecule has 0 bridgehead atoms. The van der Waals surface area contributed by atoms with Gasteiger partial charge in [0, 0.05) is 23.6 Å². The molecule has 1 unspecified atom stereocenters. The average molecular weight is 351 g/mol. The lowest BCUT2D eigenvalue weighted by Crippen LogP contribution is -2.27. The van der Waals surface area contributed by atoms with Crippen molar-refractivity contribution in [2.45, 2.75) is 25.5 Å². The van der Waals surface area contributed by atoms with Crippen molar-refractivity contribution in [3.63, 3.8) is 0 Å². The van der Waals surface area contributed by atoms with Gasteiger partial charge < -0.3 is 14.0 Å². The van der Waals surface area contributed by atoms with E-state index in [9.17, 15) is 4.55 Å². The zero-order chi connectivity index (χ0) is 16.9. The molecule has 0 N–H and O–H groups in total. The van der Waals surface area contributed by atoms with E-state index in [0.29, 0.717) is 11.5 Å². The van der Waals surface area contributed by atoms with Crippen molar-refractivity contribution in [3.8, 4) is 5.75 Å². The van der Waals surface area contributed by atoms with E-state index in [1.54, 1.807) is 18.4 Å². The van der Waals surface area contributed by atoms with Crippen molar-refractivity contribution in [3.05, 3.63) is 52.2 Å². The van der Waals surface area contributed by atoms with Crippen LogP contribution in [0, 0.1) is 0 Å². The van der Waals surface area contributed by atoms with Crippen molar-refractivity contribution in [1.82, 2.24) is 0 Å². The second-order valence-corrected chi connectivity index (χ2v) is 8.55. The Hall–Kier alpha value is -1.34. The maximum Gasteiger partial charge on any atom is 0.188 e. The minimum absolute atomic E-state index is 0.149. The number of thiophene rings is 1. The van der Waals surface area contributed by atoms with Crippen LogP contribution in [0.3, 0.4) is 0 Å². The van der Waals surface area contributed by atoms with E-state index < -0.39 is 16.1 Å². The molecule has 0 amide bonds. The third-order valence-electron chi connectivity index (χ3n) is 2.97. The molecular formula is C17H21NO3S2. The maximum atomic E-state index is 12.5. The lowest BCUT2D eigenvalue weighted by atomic mass is 10.0. The van der Waals surface area contributed by atoms with Gasteiger partial charge in [-0.05, 0) is 44.4 Å². The van der Waals surface area contributed by atoms with Gasteiger partial charge >= 0.3 is 0 Å². The van der Waals surface area contributed by atoms with Gasteiger partial charge in [0.15, 0.2) is 6.79 Å². The molecule has 0 aliphatic heterocycles. The van der Waals surface area contributed by atoms with Crippen LogP contribution in [-0.4, -0.2) is 28.9 Å². The molecule has 2 rings (SSSR count). The predicted octanol–water partition coefficient (Wildman–Crippen LogP) is 4.03. The summed E-state index contributed by atoms with van der Waals surface area (Å²) in [5, 5.41) is 3.97. The van der Waals surface area contributed by atoms with Gasteiger partial charge in [-0.15, -0.1) is 0 Å². The minimum atomic E-state index is -1.36. The highest BCUT2D eigenvalue weighted by atomic mass is 32.2. The quantitative estimate of drug-likeness (QED) is 0.448. The first-order valence-corrected chi connectivity index (χ1v) is 9.23. The molecule has 0 saturated carbocycles. The van der Waals surface area contributed by atoms with Crippen LogP contribution < -0.4 is 4.74 Å². The van der Waals surface area contributed by atoms with Crippen LogP contribution in [0.5, 0.6) is 5.75 Å². The topological polar surface area (TPSA) is 53.9 Å². The van der Waals surface area contributed by atoms with Gasteiger partial charge in [0.25, 0.3) is 0 Å². The summed E-state index contributed by atoms with van der Waals surface area (Å²) in [5.74, 6) is 0.658. The average Bonchev–Trinajstić information content (AvgIpc) is 3.04. The first-order valence-electron chi connectivity index (χ1n) is 7.18. The molecule has 1 aromatic carbocycles. The predicted molar refractivity (Wildman–Crippen MR) is 96.8 cm³/mol. The van der Waals surface area contributed by atoms with E-state index in [0.717, 1.165) is 11.1 Å². The summed E-state index contributed by atoms with van der Waals surface area (Å²) in [6, 6.07) is 9.55. The molecule has 0 aliphatic rings. The Bertz CT molecular complexity index is 648. The third kappa shape index (κ3) is 4.81. The van der Waals surface area contributed by atoms with E-state index in [1.807, 2.05) is 61.9 Å². The van der Waals surface area contributed by atoms with E-state index in [2.05, 4.69) is 4.40 Å². The maximum absolute atomic E-state index is 12.5. The Balaban J connectivity index is 2.49. The van der Waals surface area contributed by atoms with Crippen molar-refractivity contribution in [2.24, 2.45) is 4.40 Å². The molecule has 0 spiro atoms. The van der Waals surface area contributed by atoms with Crippen molar-refractivity contribution in [1.29, 1.82) is 0 Å². The largest absolute Gasteiger partial charge is 0.591 e. The summed E-state index contributed by atoms with van der Waals surface area (Å²) in [6.45, 7) is 5.87. The number of methoxy groups -OCH3 is 1. The first kappa shape index (κ1) is 18.0. The number of hydrogen-bond acceptors (Lipinski definition) is 5. The van der Waals surface area contributed by atoms with Gasteiger partial charge in [0.2, 0.25) is 0 Å². The first-order chi connectivity index (χ1) is 10.9. The van der Waals surface area contributed by atoms with Crippen molar-refractivity contribution in [2.75, 3.05) is 13.9 Å². The molecule has 1 atom stereocenters. The Kier molecular flexibility index (Phi) is 6.24. The number of nitrogens with zero attached hydrogens (tertiary/aromatic N) is 1. The van der Waals surface area contributed by atoms with Crippen LogP contribution in [0.15, 0.2) is 45.5 Å². The van der Waals surface area contributed by atoms with Gasteiger partial charge in [0.05, 0.1) is 0 Å². The zero-order valence-electron chi connectivity index (χ0n) is 13.7. The van der Waals surface area contributed by atoms with Gasteiger partial charge in [0.1, 0.15) is 27.6 Å². The smallest absolute Gasteiger partial charge is 0.188 e. The van der Waals surface area contributed by atoms with Crippen LogP contribution in [0.4, 0.5) is 0 Å². The van der Waals surface area contributed by atoms with Gasteiger partial charge in [-0.1, -0.05) is 16.5 Å². The van der Waals surface area contributed by atoms with Crippen LogP contribution in [0.25, 0.3) is 0 Å². The third-order valence-corrected chi connectivity index (χ3v) is 5.05. The van der Waals surface area contributed by atoms with Crippen LogP contribution in [0.2, 0.25) is 0 Å². The molecule has 0 radical (unpaired) electrons. The number of rotatable bonds is 6. The number of para-hydroxylation sites is 1. The lowest BCUT2D eigenvalue weighted by Gasteiger charge is -2.20. The molecule has 4 nitrogen and oxygen atoms in total. The van der Waals surface area contributed by atoms with E-state index in [-0.39, 0.29) is 6.79 Å². The molecule has 6 heteroatoms. The molecule has 23 heavy (non-hydrogen) atoms. The highest BCUT2D eigenvalue weighted by Gasteiger charge is 2.28. The molecule has 0 saturated heterocycles.